The third-order valence-corrected chi connectivity index (χ3v) is 3.33. The first-order valence-electron chi connectivity index (χ1n) is 5.13. The van der Waals surface area contributed by atoms with Gasteiger partial charge in [-0.3, -0.25) is 10.1 Å². The minimum absolute atomic E-state index is 0.117. The molecule has 0 unspecified atom stereocenters. The van der Waals surface area contributed by atoms with Gasteiger partial charge in [0.15, 0.2) is 0 Å². The van der Waals surface area contributed by atoms with E-state index < -0.39 is 0 Å². The van der Waals surface area contributed by atoms with E-state index in [0.717, 1.165) is 17.9 Å². The van der Waals surface area contributed by atoms with Crippen LogP contribution >= 0.6 is 23.4 Å². The van der Waals surface area contributed by atoms with Crippen molar-refractivity contribution in [3.63, 3.8) is 0 Å². The van der Waals surface area contributed by atoms with Crippen LogP contribution in [0.15, 0.2) is 18.2 Å². The molecule has 0 spiro atoms. The molecule has 0 amide bonds. The number of halogens is 1. The average molecular weight is 275 g/mol. The van der Waals surface area contributed by atoms with Crippen molar-refractivity contribution in [2.24, 2.45) is 0 Å². The summed E-state index contributed by atoms with van der Waals surface area (Å²) in [7, 11) is 1.86. The molecule has 4 nitrogen and oxygen atoms in total. The fraction of sp³-hybridized carbons (Fsp3) is 0.455. The quantitative estimate of drug-likeness (QED) is 0.454. The third kappa shape index (κ3) is 3.78. The van der Waals surface area contributed by atoms with E-state index in [1.165, 1.54) is 6.07 Å². The number of alkyl halides is 1. The van der Waals surface area contributed by atoms with Gasteiger partial charge in [-0.2, -0.15) is 11.8 Å². The number of hydrogen-bond acceptors (Lipinski definition) is 4. The van der Waals surface area contributed by atoms with Gasteiger partial charge in [0.2, 0.25) is 0 Å². The Kier molecular flexibility index (Phi) is 5.58. The van der Waals surface area contributed by atoms with Gasteiger partial charge in [0, 0.05) is 31.3 Å². The second-order valence-corrected chi connectivity index (χ2v) is 4.88. The third-order valence-electron chi connectivity index (χ3n) is 2.43. The number of nitro groups is 1. The van der Waals surface area contributed by atoms with E-state index in [-0.39, 0.29) is 16.5 Å². The van der Waals surface area contributed by atoms with Crippen LogP contribution in [0.4, 0.5) is 11.4 Å². The second-order valence-electron chi connectivity index (χ2n) is 3.63. The molecule has 1 aromatic rings. The molecule has 0 heterocycles. The maximum absolute atomic E-state index is 11.0. The highest BCUT2D eigenvalue weighted by Gasteiger charge is 2.17. The van der Waals surface area contributed by atoms with Crippen LogP contribution in [0.2, 0.25) is 0 Å². The van der Waals surface area contributed by atoms with Crippen LogP contribution in [0.1, 0.15) is 5.56 Å². The molecule has 0 saturated heterocycles. The first-order chi connectivity index (χ1) is 8.10. The van der Waals surface area contributed by atoms with Gasteiger partial charge in [-0.05, 0) is 17.9 Å². The Balaban J connectivity index is 3.01. The van der Waals surface area contributed by atoms with Gasteiger partial charge in [0.25, 0.3) is 5.69 Å². The van der Waals surface area contributed by atoms with Crippen LogP contribution in [0.3, 0.4) is 0 Å². The fourth-order valence-corrected chi connectivity index (χ4v) is 2.09. The van der Waals surface area contributed by atoms with Gasteiger partial charge in [-0.1, -0.05) is 6.07 Å². The van der Waals surface area contributed by atoms with E-state index in [9.17, 15) is 10.1 Å². The van der Waals surface area contributed by atoms with E-state index in [4.69, 9.17) is 11.6 Å². The molecule has 0 saturated carbocycles. The van der Waals surface area contributed by atoms with E-state index >= 15 is 0 Å². The number of nitrogens with zero attached hydrogens (tertiary/aromatic N) is 2. The summed E-state index contributed by atoms with van der Waals surface area (Å²) >= 11 is 7.39. The Morgan fingerprint density at radius 3 is 2.76 bits per heavy atom. The molecule has 0 N–H and O–H groups in total. The Labute approximate surface area is 110 Å². The lowest BCUT2D eigenvalue weighted by Gasteiger charge is -2.18. The molecule has 1 rings (SSSR count). The minimum Gasteiger partial charge on any atom is -0.368 e. The fourth-order valence-electron chi connectivity index (χ4n) is 1.47. The maximum atomic E-state index is 11.0. The van der Waals surface area contributed by atoms with Gasteiger partial charge < -0.3 is 4.90 Å². The highest BCUT2D eigenvalue weighted by atomic mass is 35.5. The summed E-state index contributed by atoms with van der Waals surface area (Å²) in [6.45, 7) is 0.780. The first kappa shape index (κ1) is 14.1. The maximum Gasteiger partial charge on any atom is 0.292 e. The lowest BCUT2D eigenvalue weighted by atomic mass is 10.2. The van der Waals surface area contributed by atoms with Crippen LogP contribution in [0.25, 0.3) is 0 Å². The summed E-state index contributed by atoms with van der Waals surface area (Å²) < 4.78 is 0. The van der Waals surface area contributed by atoms with Crippen molar-refractivity contribution in [3.8, 4) is 0 Å². The number of nitro benzene ring substituents is 1. The predicted molar refractivity (Wildman–Crippen MR) is 74.3 cm³/mol. The lowest BCUT2D eigenvalue weighted by molar-refractivity contribution is -0.384. The molecule has 94 valence electrons. The van der Waals surface area contributed by atoms with Gasteiger partial charge in [0.05, 0.1) is 4.92 Å². The molecular weight excluding hydrogens is 260 g/mol. The summed E-state index contributed by atoms with van der Waals surface area (Å²) in [6.07, 6.45) is 2.01. The smallest absolute Gasteiger partial charge is 0.292 e. The Morgan fingerprint density at radius 2 is 2.24 bits per heavy atom. The van der Waals surface area contributed by atoms with Crippen molar-refractivity contribution < 1.29 is 4.92 Å². The highest BCUT2D eigenvalue weighted by molar-refractivity contribution is 7.98. The Bertz CT molecular complexity index is 401. The summed E-state index contributed by atoms with van der Waals surface area (Å²) in [5, 5.41) is 11.0. The molecule has 0 bridgehead atoms. The van der Waals surface area contributed by atoms with E-state index in [1.54, 1.807) is 17.8 Å². The zero-order chi connectivity index (χ0) is 12.8. The molecule has 0 radical (unpaired) electrons. The normalized spacial score (nSPS) is 10.3. The number of benzene rings is 1. The zero-order valence-corrected chi connectivity index (χ0v) is 11.4. The summed E-state index contributed by atoms with van der Waals surface area (Å²) in [6, 6.07) is 5.12. The largest absolute Gasteiger partial charge is 0.368 e. The average Bonchev–Trinajstić information content (AvgIpc) is 2.35. The van der Waals surface area contributed by atoms with Crippen molar-refractivity contribution in [2.45, 2.75) is 5.88 Å². The molecule has 17 heavy (non-hydrogen) atoms. The van der Waals surface area contributed by atoms with E-state index in [2.05, 4.69) is 0 Å². The molecular formula is C11H15ClN2O2S. The molecule has 0 fully saturated rings. The van der Waals surface area contributed by atoms with Gasteiger partial charge in [-0.25, -0.2) is 0 Å². The van der Waals surface area contributed by atoms with Gasteiger partial charge >= 0.3 is 0 Å². The Hall–Kier alpha value is -0.940. The summed E-state index contributed by atoms with van der Waals surface area (Å²) in [4.78, 5) is 12.5. The molecule has 0 aliphatic carbocycles. The summed E-state index contributed by atoms with van der Waals surface area (Å²) in [5.41, 5.74) is 1.52. The molecule has 0 aliphatic rings. The number of thioether (sulfide) groups is 1. The first-order valence-corrected chi connectivity index (χ1v) is 7.06. The van der Waals surface area contributed by atoms with Crippen molar-refractivity contribution in [3.05, 3.63) is 33.9 Å². The summed E-state index contributed by atoms with van der Waals surface area (Å²) in [5.74, 6) is 1.22. The zero-order valence-electron chi connectivity index (χ0n) is 9.85. The molecule has 1 aromatic carbocycles. The number of rotatable bonds is 6. The number of anilines is 1. The highest BCUT2D eigenvalue weighted by Crippen LogP contribution is 2.29. The van der Waals surface area contributed by atoms with Crippen molar-refractivity contribution in [2.75, 3.05) is 30.5 Å². The number of hydrogen-bond donors (Lipinski definition) is 0. The second kappa shape index (κ2) is 6.71. The van der Waals surface area contributed by atoms with Crippen LogP contribution in [0.5, 0.6) is 0 Å². The van der Waals surface area contributed by atoms with Gasteiger partial charge in [-0.15, -0.1) is 11.6 Å². The van der Waals surface area contributed by atoms with Crippen molar-refractivity contribution >= 4 is 34.7 Å². The van der Waals surface area contributed by atoms with E-state index in [1.807, 2.05) is 24.3 Å². The van der Waals surface area contributed by atoms with Crippen molar-refractivity contribution in [1.82, 2.24) is 0 Å². The Morgan fingerprint density at radius 1 is 1.53 bits per heavy atom. The molecule has 0 aliphatic heterocycles. The van der Waals surface area contributed by atoms with Crippen LogP contribution in [0, 0.1) is 10.1 Å². The lowest BCUT2D eigenvalue weighted by Crippen LogP contribution is -2.21. The van der Waals surface area contributed by atoms with E-state index in [0.29, 0.717) is 5.69 Å². The standard InChI is InChI=1S/C11H15ClN2O2S/c1-13(5-6-17-2)10-4-3-9(8-12)7-11(10)14(15)16/h3-4,7H,5-6,8H2,1-2H3. The molecule has 6 heteroatoms. The van der Waals surface area contributed by atoms with Crippen LogP contribution in [-0.2, 0) is 5.88 Å². The topological polar surface area (TPSA) is 46.4 Å². The van der Waals surface area contributed by atoms with Gasteiger partial charge in [0.1, 0.15) is 5.69 Å². The molecule has 0 aromatic heterocycles. The SMILES string of the molecule is CSCCN(C)c1ccc(CCl)cc1[N+](=O)[O-]. The van der Waals surface area contributed by atoms with Crippen LogP contribution < -0.4 is 4.90 Å². The predicted octanol–water partition coefficient (Wildman–Crippen LogP) is 3.13. The van der Waals surface area contributed by atoms with Crippen molar-refractivity contribution in [1.29, 1.82) is 0 Å². The minimum atomic E-state index is -0.360. The van der Waals surface area contributed by atoms with Crippen LogP contribution in [-0.4, -0.2) is 30.5 Å². The monoisotopic (exact) mass is 274 g/mol. The molecule has 0 atom stereocenters.